The third-order valence-corrected chi connectivity index (χ3v) is 1.74. The van der Waals surface area contributed by atoms with Gasteiger partial charge in [-0.1, -0.05) is 20.8 Å². The average molecular weight is 130 g/mol. The van der Waals surface area contributed by atoms with Crippen LogP contribution in [-0.4, -0.2) is 12.1 Å². The first kappa shape index (κ1) is 8.92. The average Bonchev–Trinajstić information content (AvgIpc) is 1.84. The van der Waals surface area contributed by atoms with Crippen LogP contribution < -0.4 is 11.5 Å². The summed E-state index contributed by atoms with van der Waals surface area (Å²) in [6.07, 6.45) is 0.972. The van der Waals surface area contributed by atoms with Crippen LogP contribution in [0, 0.1) is 5.92 Å². The van der Waals surface area contributed by atoms with Gasteiger partial charge in [-0.2, -0.15) is 0 Å². The summed E-state index contributed by atoms with van der Waals surface area (Å²) >= 11 is 0. The van der Waals surface area contributed by atoms with E-state index in [1.807, 2.05) is 0 Å². The molecule has 0 saturated carbocycles. The molecule has 0 bridgehead atoms. The van der Waals surface area contributed by atoms with Crippen LogP contribution in [0.1, 0.15) is 27.2 Å². The van der Waals surface area contributed by atoms with Crippen LogP contribution in [0.4, 0.5) is 0 Å². The van der Waals surface area contributed by atoms with E-state index in [-0.39, 0.29) is 12.1 Å². The Morgan fingerprint density at radius 3 is 1.78 bits per heavy atom. The standard InChI is InChI=1S/C7H18N2/c1-4-6(8)7(9)5(2)3/h5-7H,4,8-9H2,1-3H3/t6?,7-/m1/s1. The minimum absolute atomic E-state index is 0.162. The molecule has 0 aromatic heterocycles. The van der Waals surface area contributed by atoms with Crippen molar-refractivity contribution in [2.45, 2.75) is 39.3 Å². The summed E-state index contributed by atoms with van der Waals surface area (Å²) in [5.74, 6) is 0.500. The number of hydrogen-bond acceptors (Lipinski definition) is 2. The quantitative estimate of drug-likeness (QED) is 0.591. The van der Waals surface area contributed by atoms with Gasteiger partial charge in [-0.15, -0.1) is 0 Å². The van der Waals surface area contributed by atoms with Gasteiger partial charge in [-0.05, 0) is 12.3 Å². The van der Waals surface area contributed by atoms with Gasteiger partial charge in [0.15, 0.2) is 0 Å². The van der Waals surface area contributed by atoms with Crippen molar-refractivity contribution >= 4 is 0 Å². The number of hydrogen-bond donors (Lipinski definition) is 2. The molecule has 4 N–H and O–H groups in total. The first-order valence-electron chi connectivity index (χ1n) is 3.60. The van der Waals surface area contributed by atoms with Crippen molar-refractivity contribution in [2.24, 2.45) is 17.4 Å². The maximum absolute atomic E-state index is 5.75. The fraction of sp³-hybridized carbons (Fsp3) is 1.00. The van der Waals surface area contributed by atoms with Gasteiger partial charge in [0.25, 0.3) is 0 Å². The lowest BCUT2D eigenvalue weighted by molar-refractivity contribution is 0.407. The van der Waals surface area contributed by atoms with E-state index in [4.69, 9.17) is 11.5 Å². The zero-order chi connectivity index (χ0) is 7.44. The van der Waals surface area contributed by atoms with Gasteiger partial charge in [0.2, 0.25) is 0 Å². The molecule has 0 rings (SSSR count). The van der Waals surface area contributed by atoms with E-state index < -0.39 is 0 Å². The van der Waals surface area contributed by atoms with E-state index >= 15 is 0 Å². The summed E-state index contributed by atoms with van der Waals surface area (Å²) in [6, 6.07) is 0.333. The molecule has 0 spiro atoms. The molecule has 0 aromatic rings. The molecule has 0 aromatic carbocycles. The molecule has 2 nitrogen and oxygen atoms in total. The normalized spacial score (nSPS) is 18.0. The molecule has 0 aliphatic carbocycles. The monoisotopic (exact) mass is 130 g/mol. The molecule has 0 radical (unpaired) electrons. The summed E-state index contributed by atoms with van der Waals surface area (Å²) in [5.41, 5.74) is 11.4. The minimum Gasteiger partial charge on any atom is -0.326 e. The van der Waals surface area contributed by atoms with Gasteiger partial charge < -0.3 is 11.5 Å². The van der Waals surface area contributed by atoms with E-state index in [0.29, 0.717) is 5.92 Å². The Kier molecular flexibility index (Phi) is 3.82. The second-order valence-electron chi connectivity index (χ2n) is 2.89. The fourth-order valence-corrected chi connectivity index (χ4v) is 0.767. The lowest BCUT2D eigenvalue weighted by atomic mass is 9.97. The van der Waals surface area contributed by atoms with Gasteiger partial charge in [0.1, 0.15) is 0 Å². The predicted molar refractivity (Wildman–Crippen MR) is 41.1 cm³/mol. The highest BCUT2D eigenvalue weighted by molar-refractivity contribution is 4.76. The van der Waals surface area contributed by atoms with E-state index in [1.54, 1.807) is 0 Å². The molecular weight excluding hydrogens is 112 g/mol. The summed E-state index contributed by atoms with van der Waals surface area (Å²) < 4.78 is 0. The Labute approximate surface area is 57.6 Å². The Morgan fingerprint density at radius 1 is 1.22 bits per heavy atom. The summed E-state index contributed by atoms with van der Waals surface area (Å²) in [5, 5.41) is 0. The van der Waals surface area contributed by atoms with Crippen molar-refractivity contribution in [3.63, 3.8) is 0 Å². The van der Waals surface area contributed by atoms with E-state index in [0.717, 1.165) is 6.42 Å². The second-order valence-corrected chi connectivity index (χ2v) is 2.89. The summed E-state index contributed by atoms with van der Waals surface area (Å²) in [7, 11) is 0. The lowest BCUT2D eigenvalue weighted by Gasteiger charge is -2.21. The Hall–Kier alpha value is -0.0800. The van der Waals surface area contributed by atoms with Crippen LogP contribution in [0.5, 0.6) is 0 Å². The largest absolute Gasteiger partial charge is 0.326 e. The molecule has 2 atom stereocenters. The SMILES string of the molecule is CCC(N)[C@H](N)C(C)C. The topological polar surface area (TPSA) is 52.0 Å². The molecule has 9 heavy (non-hydrogen) atoms. The van der Waals surface area contributed by atoms with Crippen LogP contribution in [0.25, 0.3) is 0 Å². The fourth-order valence-electron chi connectivity index (χ4n) is 0.767. The molecule has 2 heteroatoms. The van der Waals surface area contributed by atoms with Crippen molar-refractivity contribution in [3.8, 4) is 0 Å². The van der Waals surface area contributed by atoms with E-state index in [9.17, 15) is 0 Å². The van der Waals surface area contributed by atoms with Crippen LogP contribution in [0.15, 0.2) is 0 Å². The molecule has 1 unspecified atom stereocenters. The number of nitrogens with two attached hydrogens (primary N) is 2. The lowest BCUT2D eigenvalue weighted by Crippen LogP contribution is -2.44. The zero-order valence-corrected chi connectivity index (χ0v) is 6.59. The molecule has 0 aliphatic rings. The predicted octanol–water partition coefficient (Wildman–Crippen LogP) is 0.707. The maximum atomic E-state index is 5.75. The Balaban J connectivity index is 3.58. The Bertz CT molecular complexity index is 71.3. The van der Waals surface area contributed by atoms with E-state index in [1.165, 1.54) is 0 Å². The molecule has 56 valence electrons. The maximum Gasteiger partial charge on any atom is 0.0215 e. The van der Waals surface area contributed by atoms with Gasteiger partial charge in [-0.3, -0.25) is 0 Å². The molecule has 0 heterocycles. The summed E-state index contributed by atoms with van der Waals surface area (Å²) in [6.45, 7) is 6.26. The van der Waals surface area contributed by atoms with Crippen LogP contribution in [-0.2, 0) is 0 Å². The van der Waals surface area contributed by atoms with E-state index in [2.05, 4.69) is 20.8 Å². The highest BCUT2D eigenvalue weighted by atomic mass is 14.8. The molecule has 0 amide bonds. The smallest absolute Gasteiger partial charge is 0.0215 e. The number of rotatable bonds is 3. The van der Waals surface area contributed by atoms with Gasteiger partial charge in [-0.25, -0.2) is 0 Å². The highest BCUT2D eigenvalue weighted by Gasteiger charge is 2.13. The van der Waals surface area contributed by atoms with Crippen LogP contribution in [0.3, 0.4) is 0 Å². The molecular formula is C7H18N2. The molecule has 0 fully saturated rings. The summed E-state index contributed by atoms with van der Waals surface area (Å²) in [4.78, 5) is 0. The third kappa shape index (κ3) is 2.82. The van der Waals surface area contributed by atoms with Crippen LogP contribution >= 0.6 is 0 Å². The molecule has 0 saturated heterocycles. The second kappa shape index (κ2) is 3.85. The first-order chi connectivity index (χ1) is 4.09. The Morgan fingerprint density at radius 2 is 1.67 bits per heavy atom. The van der Waals surface area contributed by atoms with Crippen molar-refractivity contribution in [1.29, 1.82) is 0 Å². The van der Waals surface area contributed by atoms with Gasteiger partial charge in [0.05, 0.1) is 0 Å². The minimum atomic E-state index is 0.162. The third-order valence-electron chi connectivity index (χ3n) is 1.74. The van der Waals surface area contributed by atoms with Crippen molar-refractivity contribution in [1.82, 2.24) is 0 Å². The molecule has 0 aliphatic heterocycles. The van der Waals surface area contributed by atoms with Crippen molar-refractivity contribution in [2.75, 3.05) is 0 Å². The van der Waals surface area contributed by atoms with Gasteiger partial charge in [0, 0.05) is 12.1 Å². The first-order valence-corrected chi connectivity index (χ1v) is 3.60. The zero-order valence-electron chi connectivity index (χ0n) is 6.59. The van der Waals surface area contributed by atoms with Crippen molar-refractivity contribution < 1.29 is 0 Å². The van der Waals surface area contributed by atoms with Crippen LogP contribution in [0.2, 0.25) is 0 Å². The highest BCUT2D eigenvalue weighted by Crippen LogP contribution is 2.03. The van der Waals surface area contributed by atoms with Gasteiger partial charge >= 0.3 is 0 Å². The van der Waals surface area contributed by atoms with Crippen molar-refractivity contribution in [3.05, 3.63) is 0 Å².